The third-order valence-corrected chi connectivity index (χ3v) is 3.83. The zero-order valence-electron chi connectivity index (χ0n) is 12.6. The number of carbonyl (C=O) groups is 1. The van der Waals surface area contributed by atoms with Crippen LogP contribution in [0.15, 0.2) is 42.5 Å². The highest BCUT2D eigenvalue weighted by Gasteiger charge is 2.10. The van der Waals surface area contributed by atoms with Crippen LogP contribution in [0.3, 0.4) is 0 Å². The number of rotatable bonds is 7. The van der Waals surface area contributed by atoms with Crippen molar-refractivity contribution in [1.29, 1.82) is 0 Å². The summed E-state index contributed by atoms with van der Waals surface area (Å²) in [5.41, 5.74) is 6.35. The van der Waals surface area contributed by atoms with Gasteiger partial charge in [-0.3, -0.25) is 4.79 Å². The molecule has 3 heteroatoms. The average molecular weight is 284 g/mol. The number of benzene rings is 2. The summed E-state index contributed by atoms with van der Waals surface area (Å²) in [6.45, 7) is 3.54. The zero-order valence-corrected chi connectivity index (χ0v) is 12.6. The minimum Gasteiger partial charge on any atom is -0.352 e. The number of carbonyl (C=O) groups excluding carboxylic acids is 1. The second-order valence-corrected chi connectivity index (χ2v) is 5.50. The van der Waals surface area contributed by atoms with Gasteiger partial charge in [-0.25, -0.2) is 0 Å². The summed E-state index contributed by atoms with van der Waals surface area (Å²) in [6.07, 6.45) is 3.19. The summed E-state index contributed by atoms with van der Waals surface area (Å²) in [7, 11) is 0. The Morgan fingerprint density at radius 2 is 1.90 bits per heavy atom. The molecule has 21 heavy (non-hydrogen) atoms. The standard InChI is InChI=1S/C18H24N2O/c1-2-5-14(10-11-19)13-20-18(21)17-9-8-15-6-3-4-7-16(15)12-17/h3-4,6-9,12,14H,2,5,10-11,13,19H2,1H3,(H,20,21). The van der Waals surface area contributed by atoms with Gasteiger partial charge in [0.25, 0.3) is 5.91 Å². The van der Waals surface area contributed by atoms with E-state index in [0.29, 0.717) is 19.0 Å². The molecule has 0 aliphatic heterocycles. The summed E-state index contributed by atoms with van der Waals surface area (Å²) in [6, 6.07) is 13.9. The second kappa shape index (κ2) is 7.79. The molecule has 112 valence electrons. The molecule has 1 atom stereocenters. The first-order valence-corrected chi connectivity index (χ1v) is 7.71. The van der Waals surface area contributed by atoms with Crippen LogP contribution in [0.1, 0.15) is 36.5 Å². The first-order valence-electron chi connectivity index (χ1n) is 7.71. The topological polar surface area (TPSA) is 55.1 Å². The Morgan fingerprint density at radius 1 is 1.14 bits per heavy atom. The normalized spacial score (nSPS) is 12.3. The first-order chi connectivity index (χ1) is 10.2. The van der Waals surface area contributed by atoms with Gasteiger partial charge < -0.3 is 11.1 Å². The molecule has 0 fully saturated rings. The lowest BCUT2D eigenvalue weighted by molar-refractivity contribution is 0.0946. The highest BCUT2D eigenvalue weighted by Crippen LogP contribution is 2.16. The molecule has 1 unspecified atom stereocenters. The van der Waals surface area contributed by atoms with E-state index < -0.39 is 0 Å². The fourth-order valence-corrected chi connectivity index (χ4v) is 2.66. The summed E-state index contributed by atoms with van der Waals surface area (Å²) >= 11 is 0. The molecule has 0 heterocycles. The molecule has 0 saturated carbocycles. The molecule has 2 aromatic rings. The van der Waals surface area contributed by atoms with Crippen LogP contribution in [0.4, 0.5) is 0 Å². The van der Waals surface area contributed by atoms with Gasteiger partial charge in [0.05, 0.1) is 0 Å². The molecule has 0 radical (unpaired) electrons. The molecule has 3 N–H and O–H groups in total. The average Bonchev–Trinajstić information content (AvgIpc) is 2.52. The summed E-state index contributed by atoms with van der Waals surface area (Å²) in [5, 5.41) is 5.29. The van der Waals surface area contributed by atoms with Gasteiger partial charge in [0, 0.05) is 12.1 Å². The van der Waals surface area contributed by atoms with Crippen LogP contribution in [0.25, 0.3) is 10.8 Å². The third kappa shape index (κ3) is 4.30. The SMILES string of the molecule is CCCC(CCN)CNC(=O)c1ccc2ccccc2c1. The van der Waals surface area contributed by atoms with E-state index in [9.17, 15) is 4.79 Å². The molecule has 0 spiro atoms. The van der Waals surface area contributed by atoms with Crippen molar-refractivity contribution in [2.45, 2.75) is 26.2 Å². The predicted molar refractivity (Wildman–Crippen MR) is 88.4 cm³/mol. The van der Waals surface area contributed by atoms with E-state index in [1.165, 1.54) is 0 Å². The number of amides is 1. The van der Waals surface area contributed by atoms with Gasteiger partial charge >= 0.3 is 0 Å². The largest absolute Gasteiger partial charge is 0.352 e. The third-order valence-electron chi connectivity index (χ3n) is 3.83. The summed E-state index contributed by atoms with van der Waals surface area (Å²) < 4.78 is 0. The van der Waals surface area contributed by atoms with Crippen molar-refractivity contribution < 1.29 is 4.79 Å². The highest BCUT2D eigenvalue weighted by molar-refractivity contribution is 5.98. The van der Waals surface area contributed by atoms with Gasteiger partial charge in [0.15, 0.2) is 0 Å². The fourth-order valence-electron chi connectivity index (χ4n) is 2.66. The molecule has 0 aliphatic carbocycles. The molecule has 0 aliphatic rings. The van der Waals surface area contributed by atoms with E-state index in [1.54, 1.807) is 0 Å². The van der Waals surface area contributed by atoms with Crippen LogP contribution in [0.5, 0.6) is 0 Å². The Labute approximate surface area is 126 Å². The van der Waals surface area contributed by atoms with Crippen molar-refractivity contribution in [3.8, 4) is 0 Å². The maximum atomic E-state index is 12.3. The smallest absolute Gasteiger partial charge is 0.251 e. The van der Waals surface area contributed by atoms with Crippen LogP contribution in [-0.2, 0) is 0 Å². The van der Waals surface area contributed by atoms with Crippen LogP contribution in [0.2, 0.25) is 0 Å². The van der Waals surface area contributed by atoms with Gasteiger partial charge in [0.2, 0.25) is 0 Å². The lowest BCUT2D eigenvalue weighted by atomic mass is 9.99. The predicted octanol–water partition coefficient (Wildman–Crippen LogP) is 3.33. The van der Waals surface area contributed by atoms with Gasteiger partial charge in [-0.1, -0.05) is 43.7 Å². The Hall–Kier alpha value is -1.87. The van der Waals surface area contributed by atoms with E-state index >= 15 is 0 Å². The van der Waals surface area contributed by atoms with Gasteiger partial charge in [-0.15, -0.1) is 0 Å². The van der Waals surface area contributed by atoms with Crippen molar-refractivity contribution in [1.82, 2.24) is 5.32 Å². The Morgan fingerprint density at radius 3 is 2.62 bits per heavy atom. The quantitative estimate of drug-likeness (QED) is 0.819. The van der Waals surface area contributed by atoms with Crippen LogP contribution < -0.4 is 11.1 Å². The van der Waals surface area contributed by atoms with Crippen LogP contribution in [0, 0.1) is 5.92 Å². The Kier molecular flexibility index (Phi) is 5.76. The monoisotopic (exact) mass is 284 g/mol. The first kappa shape index (κ1) is 15.5. The minimum absolute atomic E-state index is 0.00104. The van der Waals surface area contributed by atoms with Crippen molar-refractivity contribution in [2.24, 2.45) is 11.7 Å². The second-order valence-electron chi connectivity index (χ2n) is 5.50. The van der Waals surface area contributed by atoms with E-state index in [0.717, 1.165) is 35.6 Å². The molecule has 1 amide bonds. The fraction of sp³-hybridized carbons (Fsp3) is 0.389. The van der Waals surface area contributed by atoms with Crippen molar-refractivity contribution >= 4 is 16.7 Å². The number of nitrogens with two attached hydrogens (primary N) is 1. The molecular formula is C18H24N2O. The number of hydrogen-bond acceptors (Lipinski definition) is 2. The lowest BCUT2D eigenvalue weighted by Gasteiger charge is -2.16. The van der Waals surface area contributed by atoms with Crippen LogP contribution in [-0.4, -0.2) is 19.0 Å². The highest BCUT2D eigenvalue weighted by atomic mass is 16.1. The molecule has 0 saturated heterocycles. The number of hydrogen-bond donors (Lipinski definition) is 2. The number of nitrogens with one attached hydrogen (secondary N) is 1. The zero-order chi connectivity index (χ0) is 15.1. The maximum Gasteiger partial charge on any atom is 0.251 e. The molecular weight excluding hydrogens is 260 g/mol. The van der Waals surface area contributed by atoms with Gasteiger partial charge in [0.1, 0.15) is 0 Å². The van der Waals surface area contributed by atoms with Gasteiger partial charge in [-0.2, -0.15) is 0 Å². The van der Waals surface area contributed by atoms with E-state index in [2.05, 4.69) is 18.3 Å². The number of fused-ring (bicyclic) bond motifs is 1. The lowest BCUT2D eigenvalue weighted by Crippen LogP contribution is -2.30. The maximum absolute atomic E-state index is 12.3. The minimum atomic E-state index is -0.00104. The van der Waals surface area contributed by atoms with Crippen LogP contribution >= 0.6 is 0 Å². The Bertz CT molecular complexity index is 589. The van der Waals surface area contributed by atoms with E-state index in [-0.39, 0.29) is 5.91 Å². The molecule has 0 aromatic heterocycles. The Balaban J connectivity index is 2.01. The molecule has 3 nitrogen and oxygen atoms in total. The summed E-state index contributed by atoms with van der Waals surface area (Å²) in [5.74, 6) is 0.475. The van der Waals surface area contributed by atoms with Gasteiger partial charge in [-0.05, 0) is 48.2 Å². The van der Waals surface area contributed by atoms with Crippen molar-refractivity contribution in [3.63, 3.8) is 0 Å². The summed E-state index contributed by atoms with van der Waals surface area (Å²) in [4.78, 5) is 12.3. The van der Waals surface area contributed by atoms with Crippen molar-refractivity contribution in [2.75, 3.05) is 13.1 Å². The molecule has 2 rings (SSSR count). The molecule has 2 aromatic carbocycles. The van der Waals surface area contributed by atoms with E-state index in [1.807, 2.05) is 36.4 Å². The van der Waals surface area contributed by atoms with E-state index in [4.69, 9.17) is 5.73 Å². The van der Waals surface area contributed by atoms with Crippen molar-refractivity contribution in [3.05, 3.63) is 48.0 Å². The molecule has 0 bridgehead atoms.